The monoisotopic (exact) mass is 349 g/mol. The maximum Gasteiger partial charge on any atom is 0.323 e. The summed E-state index contributed by atoms with van der Waals surface area (Å²) in [6, 6.07) is 10.2. The summed E-state index contributed by atoms with van der Waals surface area (Å²) in [5, 5.41) is 16.8. The van der Waals surface area contributed by atoms with Gasteiger partial charge in [-0.25, -0.2) is 4.79 Å². The molecule has 8 heteroatoms. The summed E-state index contributed by atoms with van der Waals surface area (Å²) in [5.41, 5.74) is 0.354. The average molecular weight is 350 g/mol. The van der Waals surface area contributed by atoms with E-state index >= 15 is 0 Å². The van der Waals surface area contributed by atoms with Gasteiger partial charge < -0.3 is 15.4 Å². The van der Waals surface area contributed by atoms with Crippen LogP contribution >= 0.6 is 11.6 Å². The number of benzene rings is 2. The van der Waals surface area contributed by atoms with Crippen LogP contribution in [0.15, 0.2) is 42.5 Å². The van der Waals surface area contributed by atoms with E-state index in [1.54, 1.807) is 30.3 Å². The molecule has 0 saturated heterocycles. The van der Waals surface area contributed by atoms with Crippen LogP contribution < -0.4 is 15.4 Å². The molecule has 0 aliphatic carbocycles. The second-order valence-electron chi connectivity index (χ2n) is 4.87. The van der Waals surface area contributed by atoms with Crippen molar-refractivity contribution in [2.75, 3.05) is 17.2 Å². The Bertz CT molecular complexity index is 735. The highest BCUT2D eigenvalue weighted by atomic mass is 35.5. The minimum Gasteiger partial charge on any atom is -0.493 e. The third-order valence-electron chi connectivity index (χ3n) is 2.99. The lowest BCUT2D eigenvalue weighted by atomic mass is 10.2. The zero-order valence-electron chi connectivity index (χ0n) is 12.9. The van der Waals surface area contributed by atoms with Gasteiger partial charge in [0.15, 0.2) is 0 Å². The Balaban J connectivity index is 2.11. The second kappa shape index (κ2) is 8.16. The van der Waals surface area contributed by atoms with Gasteiger partial charge in [0.1, 0.15) is 11.4 Å². The number of ether oxygens (including phenoxy) is 1. The number of carbonyl (C=O) groups is 1. The van der Waals surface area contributed by atoms with Crippen LogP contribution in [0, 0.1) is 10.1 Å². The quantitative estimate of drug-likeness (QED) is 0.584. The fourth-order valence-corrected chi connectivity index (χ4v) is 2.02. The molecule has 2 aromatic carbocycles. The van der Waals surface area contributed by atoms with Crippen LogP contribution in [0.4, 0.5) is 21.9 Å². The van der Waals surface area contributed by atoms with Crippen molar-refractivity contribution in [3.05, 3.63) is 57.6 Å². The first-order chi connectivity index (χ1) is 11.5. The number of urea groups is 1. The summed E-state index contributed by atoms with van der Waals surface area (Å²) in [5.74, 6) is 0.382. The van der Waals surface area contributed by atoms with Crippen LogP contribution in [0.3, 0.4) is 0 Å². The van der Waals surface area contributed by atoms with Gasteiger partial charge in [-0.3, -0.25) is 10.1 Å². The highest BCUT2D eigenvalue weighted by Crippen LogP contribution is 2.29. The molecular weight excluding hydrogens is 334 g/mol. The topological polar surface area (TPSA) is 93.5 Å². The average Bonchev–Trinajstić information content (AvgIpc) is 2.55. The fraction of sp³-hybridized carbons (Fsp3) is 0.188. The number of carbonyl (C=O) groups excluding carboxylic acids is 1. The van der Waals surface area contributed by atoms with Gasteiger partial charge in [-0.2, -0.15) is 0 Å². The fourth-order valence-electron chi connectivity index (χ4n) is 1.90. The zero-order valence-corrected chi connectivity index (χ0v) is 13.7. The molecule has 2 N–H and O–H groups in total. The van der Waals surface area contributed by atoms with E-state index in [1.165, 1.54) is 12.1 Å². The third kappa shape index (κ3) is 4.85. The van der Waals surface area contributed by atoms with E-state index in [0.29, 0.717) is 23.1 Å². The molecule has 2 amide bonds. The van der Waals surface area contributed by atoms with Crippen molar-refractivity contribution in [3.8, 4) is 5.75 Å². The molecule has 2 aromatic rings. The first-order valence-electron chi connectivity index (χ1n) is 7.24. The lowest BCUT2D eigenvalue weighted by molar-refractivity contribution is -0.384. The van der Waals surface area contributed by atoms with Crippen LogP contribution in [0.5, 0.6) is 5.75 Å². The number of halogens is 1. The highest BCUT2D eigenvalue weighted by molar-refractivity contribution is 6.30. The molecule has 0 heterocycles. The second-order valence-corrected chi connectivity index (χ2v) is 5.31. The van der Waals surface area contributed by atoms with Crippen LogP contribution in [0.1, 0.15) is 13.3 Å². The number of nitro groups is 1. The maximum atomic E-state index is 12.0. The van der Waals surface area contributed by atoms with Crippen molar-refractivity contribution in [3.63, 3.8) is 0 Å². The predicted molar refractivity (Wildman–Crippen MR) is 93.0 cm³/mol. The minimum atomic E-state index is -0.595. The van der Waals surface area contributed by atoms with E-state index in [4.69, 9.17) is 16.3 Å². The first kappa shape index (κ1) is 17.6. The van der Waals surface area contributed by atoms with Gasteiger partial charge in [-0.15, -0.1) is 0 Å². The first-order valence-corrected chi connectivity index (χ1v) is 7.62. The van der Waals surface area contributed by atoms with Gasteiger partial charge in [0.05, 0.1) is 17.6 Å². The number of hydrogen-bond donors (Lipinski definition) is 2. The maximum absolute atomic E-state index is 12.0. The summed E-state index contributed by atoms with van der Waals surface area (Å²) in [6.45, 7) is 2.40. The Kier molecular flexibility index (Phi) is 5.97. The Morgan fingerprint density at radius 3 is 2.54 bits per heavy atom. The van der Waals surface area contributed by atoms with Gasteiger partial charge in [-0.05, 0) is 42.8 Å². The summed E-state index contributed by atoms with van der Waals surface area (Å²) in [6.07, 6.45) is 0.789. The minimum absolute atomic E-state index is 0.0790. The molecule has 0 fully saturated rings. The molecule has 126 valence electrons. The number of nitro benzene ring substituents is 1. The largest absolute Gasteiger partial charge is 0.493 e. The predicted octanol–water partition coefficient (Wildman–Crippen LogP) is 4.68. The molecule has 0 bridgehead atoms. The molecule has 7 nitrogen and oxygen atoms in total. The summed E-state index contributed by atoms with van der Waals surface area (Å²) in [4.78, 5) is 22.6. The van der Waals surface area contributed by atoms with E-state index in [1.807, 2.05) is 6.92 Å². The standard InChI is InChI=1S/C16H16ClN3O4/c1-2-9-24-13-7-8-14(15(10-13)20(22)23)19-16(21)18-12-5-3-11(17)4-6-12/h3-8,10H,2,9H2,1H3,(H2,18,19,21). The van der Waals surface area contributed by atoms with Gasteiger partial charge in [0, 0.05) is 10.7 Å². The van der Waals surface area contributed by atoms with E-state index in [9.17, 15) is 14.9 Å². The molecule has 2 rings (SSSR count). The molecule has 0 aromatic heterocycles. The molecule has 0 aliphatic rings. The number of amides is 2. The van der Waals surface area contributed by atoms with Crippen molar-refractivity contribution in [2.24, 2.45) is 0 Å². The Labute approximate surface area is 143 Å². The number of rotatable bonds is 6. The van der Waals surface area contributed by atoms with E-state index in [0.717, 1.165) is 6.42 Å². The third-order valence-corrected chi connectivity index (χ3v) is 3.24. The summed E-state index contributed by atoms with van der Waals surface area (Å²) in [7, 11) is 0. The number of hydrogen-bond acceptors (Lipinski definition) is 4. The highest BCUT2D eigenvalue weighted by Gasteiger charge is 2.17. The molecule has 0 aliphatic heterocycles. The van der Waals surface area contributed by atoms with Crippen molar-refractivity contribution in [1.82, 2.24) is 0 Å². The van der Waals surface area contributed by atoms with Gasteiger partial charge >= 0.3 is 6.03 Å². The van der Waals surface area contributed by atoms with Gasteiger partial charge in [0.2, 0.25) is 0 Å². The van der Waals surface area contributed by atoms with E-state index in [-0.39, 0.29) is 11.4 Å². The molecule has 0 unspecified atom stereocenters. The number of nitrogens with one attached hydrogen (secondary N) is 2. The smallest absolute Gasteiger partial charge is 0.323 e. The number of anilines is 2. The molecule has 24 heavy (non-hydrogen) atoms. The van der Waals surface area contributed by atoms with Crippen LogP contribution in [0.2, 0.25) is 5.02 Å². The van der Waals surface area contributed by atoms with Crippen molar-refractivity contribution < 1.29 is 14.5 Å². The molecule has 0 saturated carbocycles. The van der Waals surface area contributed by atoms with Crippen LogP contribution in [-0.2, 0) is 0 Å². The van der Waals surface area contributed by atoms with E-state index < -0.39 is 11.0 Å². The van der Waals surface area contributed by atoms with Gasteiger partial charge in [-0.1, -0.05) is 18.5 Å². The Hall–Kier alpha value is -2.80. The number of nitrogens with zero attached hydrogens (tertiary/aromatic N) is 1. The van der Waals surface area contributed by atoms with Crippen LogP contribution in [-0.4, -0.2) is 17.6 Å². The van der Waals surface area contributed by atoms with Gasteiger partial charge in [0.25, 0.3) is 5.69 Å². The zero-order chi connectivity index (χ0) is 17.5. The summed E-state index contributed by atoms with van der Waals surface area (Å²) < 4.78 is 5.37. The Morgan fingerprint density at radius 2 is 1.92 bits per heavy atom. The molecule has 0 radical (unpaired) electrons. The van der Waals surface area contributed by atoms with Crippen molar-refractivity contribution >= 4 is 34.7 Å². The Morgan fingerprint density at radius 1 is 1.21 bits per heavy atom. The molecule has 0 atom stereocenters. The normalized spacial score (nSPS) is 10.1. The van der Waals surface area contributed by atoms with Crippen molar-refractivity contribution in [2.45, 2.75) is 13.3 Å². The van der Waals surface area contributed by atoms with Crippen LogP contribution in [0.25, 0.3) is 0 Å². The van der Waals surface area contributed by atoms with E-state index in [2.05, 4.69) is 10.6 Å². The lowest BCUT2D eigenvalue weighted by Gasteiger charge is -2.10. The lowest BCUT2D eigenvalue weighted by Crippen LogP contribution is -2.20. The molecular formula is C16H16ClN3O4. The SMILES string of the molecule is CCCOc1ccc(NC(=O)Nc2ccc(Cl)cc2)c([N+](=O)[O-])c1. The van der Waals surface area contributed by atoms with Crippen molar-refractivity contribution in [1.29, 1.82) is 0 Å². The summed E-state index contributed by atoms with van der Waals surface area (Å²) >= 11 is 5.77. The molecule has 0 spiro atoms.